The molecule has 0 radical (unpaired) electrons. The first-order valence-corrected chi connectivity index (χ1v) is 12.8. The van der Waals surface area contributed by atoms with E-state index in [1.54, 1.807) is 18.2 Å². The van der Waals surface area contributed by atoms with Gasteiger partial charge in [0, 0.05) is 37.4 Å². The molecule has 3 aromatic rings. The molecule has 6 nitrogen and oxygen atoms in total. The molecule has 0 saturated carbocycles. The number of nitrogens with one attached hydrogen (secondary N) is 1. The maximum absolute atomic E-state index is 14.2. The zero-order valence-corrected chi connectivity index (χ0v) is 22.2. The molecule has 194 valence electrons. The van der Waals surface area contributed by atoms with Gasteiger partial charge in [0.15, 0.2) is 18.1 Å². The number of carbonyl (C=O) groups excluding carboxylic acids is 1. The zero-order chi connectivity index (χ0) is 26.4. The van der Waals surface area contributed by atoms with E-state index < -0.39 is 0 Å². The van der Waals surface area contributed by atoms with E-state index in [0.29, 0.717) is 55.0 Å². The summed E-state index contributed by atoms with van der Waals surface area (Å²) >= 11 is 5.78. The van der Waals surface area contributed by atoms with Crippen molar-refractivity contribution in [2.24, 2.45) is 0 Å². The van der Waals surface area contributed by atoms with Gasteiger partial charge in [-0.25, -0.2) is 4.39 Å². The first-order valence-electron chi connectivity index (χ1n) is 12.4. The predicted molar refractivity (Wildman–Crippen MR) is 150 cm³/mol. The Morgan fingerprint density at radius 2 is 1.65 bits per heavy atom. The fraction of sp³-hybridized carbons (Fsp3) is 0.310. The molecule has 3 aromatic carbocycles. The second-order valence-electron chi connectivity index (χ2n) is 8.93. The van der Waals surface area contributed by atoms with E-state index in [9.17, 15) is 9.18 Å². The third-order valence-corrected chi connectivity index (χ3v) is 6.85. The lowest BCUT2D eigenvalue weighted by atomic mass is 10.1. The topological polar surface area (TPSA) is 54.0 Å². The van der Waals surface area contributed by atoms with Crippen LogP contribution < -0.4 is 19.7 Å². The predicted octanol–water partition coefficient (Wildman–Crippen LogP) is 5.36. The van der Waals surface area contributed by atoms with E-state index >= 15 is 0 Å². The first kappa shape index (κ1) is 26.4. The molecular formula is C29H32FN3O3S. The number of thiocarbonyl (C=S) groups is 1. The molecule has 1 fully saturated rings. The highest BCUT2D eigenvalue weighted by Gasteiger charge is 2.22. The maximum atomic E-state index is 14.2. The Kier molecular flexibility index (Phi) is 8.61. The van der Waals surface area contributed by atoms with Crippen LogP contribution in [-0.4, -0.2) is 55.2 Å². The second kappa shape index (κ2) is 12.1. The quantitative estimate of drug-likeness (QED) is 0.403. The number of hydrogen-bond acceptors (Lipinski definition) is 5. The number of carbonyl (C=O) groups is 1. The van der Waals surface area contributed by atoms with Crippen LogP contribution in [0.1, 0.15) is 23.6 Å². The van der Waals surface area contributed by atoms with E-state index in [1.165, 1.54) is 6.07 Å². The molecule has 37 heavy (non-hydrogen) atoms. The van der Waals surface area contributed by atoms with Crippen LogP contribution in [0.25, 0.3) is 0 Å². The number of piperazine rings is 1. The third kappa shape index (κ3) is 6.38. The number of anilines is 2. The first-order chi connectivity index (χ1) is 17.9. The van der Waals surface area contributed by atoms with Gasteiger partial charge in [-0.05, 0) is 62.2 Å². The molecule has 1 aliphatic heterocycles. The van der Waals surface area contributed by atoms with Gasteiger partial charge in [0.1, 0.15) is 10.8 Å². The smallest absolute Gasteiger partial charge is 0.262 e. The summed E-state index contributed by atoms with van der Waals surface area (Å²) in [4.78, 5) is 17.4. The summed E-state index contributed by atoms with van der Waals surface area (Å²) in [5.74, 6) is 0.562. The zero-order valence-electron chi connectivity index (χ0n) is 21.4. The highest BCUT2D eigenvalue weighted by Crippen LogP contribution is 2.30. The number of aryl methyl sites for hydroxylation is 2. The largest absolute Gasteiger partial charge is 0.490 e. The average molecular weight is 522 g/mol. The number of halogens is 1. The number of benzene rings is 3. The molecule has 4 rings (SSSR count). The summed E-state index contributed by atoms with van der Waals surface area (Å²) < 4.78 is 25.8. The Labute approximate surface area is 223 Å². The highest BCUT2D eigenvalue weighted by atomic mass is 32.1. The molecule has 0 aromatic heterocycles. The number of hydrogen-bond donors (Lipinski definition) is 1. The van der Waals surface area contributed by atoms with E-state index in [4.69, 9.17) is 21.7 Å². The van der Waals surface area contributed by atoms with Crippen LogP contribution >= 0.6 is 12.2 Å². The second-order valence-corrected chi connectivity index (χ2v) is 9.32. The fourth-order valence-corrected chi connectivity index (χ4v) is 4.71. The van der Waals surface area contributed by atoms with Crippen molar-refractivity contribution in [2.75, 3.05) is 49.6 Å². The highest BCUT2D eigenvalue weighted by molar-refractivity contribution is 7.80. The summed E-state index contributed by atoms with van der Waals surface area (Å²) in [6, 6.07) is 18.2. The Morgan fingerprint density at radius 3 is 2.32 bits per heavy atom. The van der Waals surface area contributed by atoms with Crippen molar-refractivity contribution < 1.29 is 18.7 Å². The molecule has 1 heterocycles. The Hall–Kier alpha value is -3.65. The SMILES string of the molecule is CCOc1cc(C(=S)N2CCN(c3ccccc3F)CC2)ccc1OCC(=O)Nc1c(C)cccc1C. The molecule has 1 aliphatic rings. The van der Waals surface area contributed by atoms with Crippen LogP contribution in [0.3, 0.4) is 0 Å². The van der Waals surface area contributed by atoms with Crippen LogP contribution in [-0.2, 0) is 4.79 Å². The Bertz CT molecular complexity index is 1250. The van der Waals surface area contributed by atoms with Gasteiger partial charge < -0.3 is 24.6 Å². The normalized spacial score (nSPS) is 13.3. The van der Waals surface area contributed by atoms with E-state index in [1.807, 2.05) is 62.1 Å². The van der Waals surface area contributed by atoms with Crippen LogP contribution in [0, 0.1) is 19.7 Å². The minimum absolute atomic E-state index is 0.143. The summed E-state index contributed by atoms with van der Waals surface area (Å²) in [7, 11) is 0. The molecule has 0 spiro atoms. The van der Waals surface area contributed by atoms with Crippen molar-refractivity contribution in [3.8, 4) is 11.5 Å². The van der Waals surface area contributed by atoms with Crippen molar-refractivity contribution in [3.05, 3.63) is 83.2 Å². The Balaban J connectivity index is 1.38. The van der Waals surface area contributed by atoms with Gasteiger partial charge in [-0.1, -0.05) is 42.5 Å². The van der Waals surface area contributed by atoms with Crippen LogP contribution in [0.2, 0.25) is 0 Å². The third-order valence-electron chi connectivity index (χ3n) is 6.35. The minimum Gasteiger partial charge on any atom is -0.490 e. The number of para-hydroxylation sites is 2. The van der Waals surface area contributed by atoms with Gasteiger partial charge in [0.25, 0.3) is 5.91 Å². The number of amides is 1. The molecule has 1 amide bonds. The molecule has 0 bridgehead atoms. The summed E-state index contributed by atoms with van der Waals surface area (Å²) in [5.41, 5.74) is 4.25. The lowest BCUT2D eigenvalue weighted by molar-refractivity contribution is -0.118. The molecule has 0 atom stereocenters. The fourth-order valence-electron chi connectivity index (χ4n) is 4.40. The van der Waals surface area contributed by atoms with Gasteiger partial charge in [-0.3, -0.25) is 4.79 Å². The minimum atomic E-state index is -0.243. The van der Waals surface area contributed by atoms with Crippen molar-refractivity contribution in [1.29, 1.82) is 0 Å². The van der Waals surface area contributed by atoms with Gasteiger partial charge >= 0.3 is 0 Å². The van der Waals surface area contributed by atoms with Crippen molar-refractivity contribution in [1.82, 2.24) is 4.90 Å². The van der Waals surface area contributed by atoms with Crippen molar-refractivity contribution in [2.45, 2.75) is 20.8 Å². The van der Waals surface area contributed by atoms with E-state index in [-0.39, 0.29) is 18.3 Å². The molecule has 0 aliphatic carbocycles. The molecule has 0 unspecified atom stereocenters. The summed E-state index contributed by atoms with van der Waals surface area (Å²) in [6.07, 6.45) is 0. The lowest BCUT2D eigenvalue weighted by Crippen LogP contribution is -2.48. The van der Waals surface area contributed by atoms with Gasteiger partial charge in [-0.2, -0.15) is 0 Å². The van der Waals surface area contributed by atoms with Gasteiger partial charge in [0.05, 0.1) is 12.3 Å². The molecular weight excluding hydrogens is 489 g/mol. The van der Waals surface area contributed by atoms with Crippen LogP contribution in [0.5, 0.6) is 11.5 Å². The van der Waals surface area contributed by atoms with Crippen LogP contribution in [0.4, 0.5) is 15.8 Å². The van der Waals surface area contributed by atoms with E-state index in [0.717, 1.165) is 22.4 Å². The number of nitrogens with zero attached hydrogens (tertiary/aromatic N) is 2. The van der Waals surface area contributed by atoms with E-state index in [2.05, 4.69) is 10.2 Å². The molecule has 8 heteroatoms. The van der Waals surface area contributed by atoms with Crippen molar-refractivity contribution >= 4 is 34.5 Å². The maximum Gasteiger partial charge on any atom is 0.262 e. The number of rotatable bonds is 8. The summed E-state index contributed by atoms with van der Waals surface area (Å²) in [6.45, 7) is 8.84. The van der Waals surface area contributed by atoms with Gasteiger partial charge in [-0.15, -0.1) is 0 Å². The summed E-state index contributed by atoms with van der Waals surface area (Å²) in [5, 5.41) is 2.93. The number of ether oxygens (including phenoxy) is 2. The molecule has 1 N–H and O–H groups in total. The Morgan fingerprint density at radius 1 is 0.946 bits per heavy atom. The van der Waals surface area contributed by atoms with Crippen LogP contribution in [0.15, 0.2) is 60.7 Å². The molecule has 1 saturated heterocycles. The van der Waals surface area contributed by atoms with Crippen molar-refractivity contribution in [3.63, 3.8) is 0 Å². The lowest BCUT2D eigenvalue weighted by Gasteiger charge is -2.37. The standard InChI is InChI=1S/C29H32FN3O3S/c1-4-35-26-18-22(29(37)33-16-14-32(15-17-33)24-11-6-5-10-23(24)30)12-13-25(26)36-19-27(34)31-28-20(2)8-7-9-21(28)3/h5-13,18H,4,14-17,19H2,1-3H3,(H,31,34). The van der Waals surface area contributed by atoms with Gasteiger partial charge in [0.2, 0.25) is 0 Å². The monoisotopic (exact) mass is 521 g/mol. The average Bonchev–Trinajstić information content (AvgIpc) is 2.90.